The molecule has 0 spiro atoms. The molecule has 2 aromatic rings. The lowest BCUT2D eigenvalue weighted by atomic mass is 10.2. The first-order valence-electron chi connectivity index (χ1n) is 5.71. The van der Waals surface area contributed by atoms with Crippen molar-refractivity contribution in [2.45, 2.75) is 0 Å². The highest BCUT2D eigenvalue weighted by molar-refractivity contribution is 7.81. The molecule has 2 rings (SSSR count). The van der Waals surface area contributed by atoms with Crippen LogP contribution in [0, 0.1) is 0 Å². The van der Waals surface area contributed by atoms with Crippen molar-refractivity contribution < 1.29 is 4.79 Å². The van der Waals surface area contributed by atoms with Gasteiger partial charge in [-0.2, -0.15) is 0 Å². The van der Waals surface area contributed by atoms with Crippen LogP contribution < -0.4 is 16.2 Å². The number of anilines is 2. The highest BCUT2D eigenvalue weighted by Gasteiger charge is 2.00. The molecule has 0 aliphatic carbocycles. The fraction of sp³-hybridized carbons (Fsp3) is 0. The van der Waals surface area contributed by atoms with Gasteiger partial charge in [-0.3, -0.25) is 15.6 Å². The van der Waals surface area contributed by atoms with E-state index in [1.54, 1.807) is 0 Å². The number of hydrogen-bond acceptors (Lipinski definition) is 3. The van der Waals surface area contributed by atoms with Gasteiger partial charge >= 0.3 is 0 Å². The predicted octanol–water partition coefficient (Wildman–Crippen LogP) is 2.55. The van der Waals surface area contributed by atoms with Gasteiger partial charge in [0.25, 0.3) is 0 Å². The number of thiocarbonyl (C=S) groups is 1. The van der Waals surface area contributed by atoms with Crippen LogP contribution in [-0.4, -0.2) is 11.4 Å². The Hall–Kier alpha value is -2.40. The fourth-order valence-electron chi connectivity index (χ4n) is 1.54. The normalized spacial score (nSPS) is 9.47. The molecule has 0 aliphatic heterocycles. The number of benzene rings is 2. The molecule has 0 radical (unpaired) electrons. The summed E-state index contributed by atoms with van der Waals surface area (Å²) in [5.74, 6) is 0. The van der Waals surface area contributed by atoms with Crippen LogP contribution in [0.4, 0.5) is 11.4 Å². The Kier molecular flexibility index (Phi) is 4.47. The first kappa shape index (κ1) is 13.0. The Labute approximate surface area is 116 Å². The Bertz CT molecular complexity index is 555. The Morgan fingerprint density at radius 1 is 0.947 bits per heavy atom. The predicted molar refractivity (Wildman–Crippen MR) is 81.0 cm³/mol. The third-order valence-electron chi connectivity index (χ3n) is 2.45. The molecule has 0 aromatic heterocycles. The SMILES string of the molecule is O=CNNc1ccc(NC(=S)c2ccccc2)cc1. The van der Waals surface area contributed by atoms with Gasteiger partial charge in [-0.15, -0.1) is 0 Å². The van der Waals surface area contributed by atoms with Crippen molar-refractivity contribution in [1.82, 2.24) is 5.43 Å². The van der Waals surface area contributed by atoms with Crippen LogP contribution in [0.25, 0.3) is 0 Å². The molecule has 1 amide bonds. The van der Waals surface area contributed by atoms with Crippen LogP contribution in [0.2, 0.25) is 0 Å². The summed E-state index contributed by atoms with van der Waals surface area (Å²) in [7, 11) is 0. The fourth-order valence-corrected chi connectivity index (χ4v) is 1.80. The van der Waals surface area contributed by atoms with E-state index in [1.807, 2.05) is 54.6 Å². The highest BCUT2D eigenvalue weighted by Crippen LogP contribution is 2.14. The topological polar surface area (TPSA) is 53.2 Å². The van der Waals surface area contributed by atoms with Crippen LogP contribution in [0.1, 0.15) is 5.56 Å². The van der Waals surface area contributed by atoms with E-state index >= 15 is 0 Å². The van der Waals surface area contributed by atoms with Gasteiger partial charge in [-0.05, 0) is 24.3 Å². The summed E-state index contributed by atoms with van der Waals surface area (Å²) in [4.78, 5) is 10.8. The second-order valence-electron chi connectivity index (χ2n) is 3.78. The molecule has 4 nitrogen and oxygen atoms in total. The molecule has 0 aliphatic rings. The van der Waals surface area contributed by atoms with Gasteiger partial charge < -0.3 is 5.32 Å². The third-order valence-corrected chi connectivity index (χ3v) is 2.79. The summed E-state index contributed by atoms with van der Waals surface area (Å²) in [6.45, 7) is 0. The molecule has 2 aromatic carbocycles. The van der Waals surface area contributed by atoms with Gasteiger partial charge in [0.2, 0.25) is 6.41 Å². The van der Waals surface area contributed by atoms with Crippen molar-refractivity contribution in [2.75, 3.05) is 10.7 Å². The molecule has 0 saturated carbocycles. The zero-order valence-corrected chi connectivity index (χ0v) is 10.9. The minimum absolute atomic E-state index is 0.580. The van der Waals surface area contributed by atoms with E-state index in [1.165, 1.54) is 0 Å². The van der Waals surface area contributed by atoms with E-state index < -0.39 is 0 Å². The average molecular weight is 271 g/mol. The Balaban J connectivity index is 1.99. The maximum Gasteiger partial charge on any atom is 0.225 e. The maximum atomic E-state index is 10.1. The monoisotopic (exact) mass is 271 g/mol. The van der Waals surface area contributed by atoms with Gasteiger partial charge in [-0.25, -0.2) is 0 Å². The molecular formula is C14H13N3OS. The van der Waals surface area contributed by atoms with Crippen molar-refractivity contribution in [3.63, 3.8) is 0 Å². The maximum absolute atomic E-state index is 10.1. The molecule has 0 atom stereocenters. The lowest BCUT2D eigenvalue weighted by Crippen LogP contribution is -2.18. The molecule has 0 bridgehead atoms. The van der Waals surface area contributed by atoms with Crippen molar-refractivity contribution >= 4 is 35.0 Å². The Morgan fingerprint density at radius 2 is 1.58 bits per heavy atom. The molecule has 0 heterocycles. The molecule has 19 heavy (non-hydrogen) atoms. The highest BCUT2D eigenvalue weighted by atomic mass is 32.1. The van der Waals surface area contributed by atoms with Crippen LogP contribution in [-0.2, 0) is 4.79 Å². The Morgan fingerprint density at radius 3 is 2.21 bits per heavy atom. The number of amides is 1. The molecule has 5 heteroatoms. The first-order chi connectivity index (χ1) is 9.29. The average Bonchev–Trinajstić information content (AvgIpc) is 2.47. The van der Waals surface area contributed by atoms with Crippen LogP contribution in [0.3, 0.4) is 0 Å². The number of hydrazine groups is 1. The van der Waals surface area contributed by atoms with Crippen molar-refractivity contribution in [3.8, 4) is 0 Å². The van der Waals surface area contributed by atoms with Gasteiger partial charge in [0.15, 0.2) is 0 Å². The molecule has 96 valence electrons. The zero-order valence-electron chi connectivity index (χ0n) is 10.1. The van der Waals surface area contributed by atoms with Crippen LogP contribution in [0.5, 0.6) is 0 Å². The summed E-state index contributed by atoms with van der Waals surface area (Å²) >= 11 is 5.32. The molecule has 0 unspecified atom stereocenters. The van der Waals surface area contributed by atoms with Gasteiger partial charge in [-0.1, -0.05) is 42.5 Å². The number of carbonyl (C=O) groups is 1. The van der Waals surface area contributed by atoms with E-state index in [0.717, 1.165) is 16.9 Å². The summed E-state index contributed by atoms with van der Waals surface area (Å²) in [5.41, 5.74) is 7.76. The van der Waals surface area contributed by atoms with Crippen LogP contribution >= 0.6 is 12.2 Å². The lowest BCUT2D eigenvalue weighted by Gasteiger charge is -2.09. The quantitative estimate of drug-likeness (QED) is 0.444. The molecule has 0 fully saturated rings. The van der Waals surface area contributed by atoms with Crippen LogP contribution in [0.15, 0.2) is 54.6 Å². The summed E-state index contributed by atoms with van der Waals surface area (Å²) in [5, 5.41) is 3.16. The first-order valence-corrected chi connectivity index (χ1v) is 6.12. The molecule has 0 saturated heterocycles. The van der Waals surface area contributed by atoms with E-state index in [9.17, 15) is 4.79 Å². The second kappa shape index (κ2) is 6.51. The van der Waals surface area contributed by atoms with Crippen molar-refractivity contribution in [3.05, 3.63) is 60.2 Å². The summed E-state index contributed by atoms with van der Waals surface area (Å²) < 4.78 is 0. The van der Waals surface area contributed by atoms with E-state index in [-0.39, 0.29) is 0 Å². The minimum Gasteiger partial charge on any atom is -0.346 e. The smallest absolute Gasteiger partial charge is 0.225 e. The second-order valence-corrected chi connectivity index (χ2v) is 4.19. The number of nitrogens with one attached hydrogen (secondary N) is 3. The van der Waals surface area contributed by atoms with Crippen molar-refractivity contribution in [1.29, 1.82) is 0 Å². The van der Waals surface area contributed by atoms with Gasteiger partial charge in [0.1, 0.15) is 4.99 Å². The van der Waals surface area contributed by atoms with Crippen molar-refractivity contribution in [2.24, 2.45) is 0 Å². The number of hydrogen-bond donors (Lipinski definition) is 3. The van der Waals surface area contributed by atoms with E-state index in [4.69, 9.17) is 12.2 Å². The van der Waals surface area contributed by atoms with Gasteiger partial charge in [0, 0.05) is 11.3 Å². The summed E-state index contributed by atoms with van der Waals surface area (Å²) in [6, 6.07) is 17.2. The lowest BCUT2D eigenvalue weighted by molar-refractivity contribution is -0.109. The third kappa shape index (κ3) is 3.79. The minimum atomic E-state index is 0.580. The number of carbonyl (C=O) groups excluding carboxylic acids is 1. The van der Waals surface area contributed by atoms with Gasteiger partial charge in [0.05, 0.1) is 5.69 Å². The van der Waals surface area contributed by atoms with E-state index in [0.29, 0.717) is 11.4 Å². The largest absolute Gasteiger partial charge is 0.346 e. The zero-order chi connectivity index (χ0) is 13.5. The summed E-state index contributed by atoms with van der Waals surface area (Å²) in [6.07, 6.45) is 0.580. The standard InChI is InChI=1S/C14H13N3OS/c18-10-15-17-13-8-6-12(7-9-13)16-14(19)11-4-2-1-3-5-11/h1-10,17H,(H,15,18)(H,16,19). The van der Waals surface area contributed by atoms with E-state index in [2.05, 4.69) is 16.2 Å². The molecule has 3 N–H and O–H groups in total. The number of rotatable bonds is 5. The molecular weight excluding hydrogens is 258 g/mol.